The minimum atomic E-state index is -0.433. The van der Waals surface area contributed by atoms with Gasteiger partial charge in [0.15, 0.2) is 0 Å². The van der Waals surface area contributed by atoms with Gasteiger partial charge in [-0.3, -0.25) is 4.90 Å². The molecule has 0 unspecified atom stereocenters. The van der Waals surface area contributed by atoms with Crippen LogP contribution in [-0.4, -0.2) is 25.3 Å². The zero-order valence-electron chi connectivity index (χ0n) is 8.02. The standard InChI is InChI=1S/C10H11FN2O2/c11-7-1-3-8(4-2-7)13-6-9(5-12)15-10(13)14/h1-4,9H,5-6,12H2/t9-/m0/s1. The first-order valence-corrected chi connectivity index (χ1v) is 4.64. The average molecular weight is 210 g/mol. The van der Waals surface area contributed by atoms with Crippen LogP contribution in [0.25, 0.3) is 0 Å². The molecule has 80 valence electrons. The maximum Gasteiger partial charge on any atom is 0.414 e. The van der Waals surface area contributed by atoms with E-state index in [0.717, 1.165) is 0 Å². The van der Waals surface area contributed by atoms with Crippen LogP contribution in [0.5, 0.6) is 0 Å². The van der Waals surface area contributed by atoms with E-state index in [9.17, 15) is 9.18 Å². The molecule has 1 aromatic carbocycles. The Morgan fingerprint density at radius 3 is 2.67 bits per heavy atom. The molecule has 1 aromatic rings. The molecule has 1 saturated heterocycles. The predicted octanol–water partition coefficient (Wildman–Crippen LogP) is 1.11. The Balaban J connectivity index is 2.18. The highest BCUT2D eigenvalue weighted by Crippen LogP contribution is 2.21. The van der Waals surface area contributed by atoms with E-state index in [1.165, 1.54) is 29.2 Å². The maximum absolute atomic E-state index is 12.7. The summed E-state index contributed by atoms with van der Waals surface area (Å²) in [6.45, 7) is 0.713. The number of hydrogen-bond donors (Lipinski definition) is 1. The van der Waals surface area contributed by atoms with E-state index in [0.29, 0.717) is 18.8 Å². The molecule has 4 nitrogen and oxygen atoms in total. The fourth-order valence-corrected chi connectivity index (χ4v) is 1.48. The number of rotatable bonds is 2. The zero-order valence-corrected chi connectivity index (χ0v) is 8.02. The van der Waals surface area contributed by atoms with Crippen LogP contribution in [0.1, 0.15) is 0 Å². The first-order chi connectivity index (χ1) is 7.20. The number of carbonyl (C=O) groups is 1. The monoisotopic (exact) mass is 210 g/mol. The predicted molar refractivity (Wildman–Crippen MR) is 53.1 cm³/mol. The summed E-state index contributed by atoms with van der Waals surface area (Å²) in [7, 11) is 0. The lowest BCUT2D eigenvalue weighted by molar-refractivity contribution is 0.145. The number of cyclic esters (lactones) is 1. The van der Waals surface area contributed by atoms with Crippen molar-refractivity contribution >= 4 is 11.8 Å². The van der Waals surface area contributed by atoms with E-state index < -0.39 is 6.09 Å². The Bertz CT molecular complexity index is 366. The number of halogens is 1. The average Bonchev–Trinajstić information content (AvgIpc) is 2.61. The van der Waals surface area contributed by atoms with E-state index in [1.807, 2.05) is 0 Å². The molecule has 0 aromatic heterocycles. The summed E-state index contributed by atoms with van der Waals surface area (Å²) in [5.74, 6) is -0.332. The summed E-state index contributed by atoms with van der Waals surface area (Å²) in [5.41, 5.74) is 6.02. The van der Waals surface area contributed by atoms with Gasteiger partial charge in [-0.15, -0.1) is 0 Å². The molecule has 1 fully saturated rings. The van der Waals surface area contributed by atoms with Crippen LogP contribution >= 0.6 is 0 Å². The van der Waals surface area contributed by atoms with Gasteiger partial charge in [0.05, 0.1) is 6.54 Å². The van der Waals surface area contributed by atoms with E-state index in [1.54, 1.807) is 0 Å². The van der Waals surface area contributed by atoms with Gasteiger partial charge in [-0.25, -0.2) is 9.18 Å². The third kappa shape index (κ3) is 1.92. The molecule has 0 spiro atoms. The topological polar surface area (TPSA) is 55.6 Å². The molecule has 1 atom stereocenters. The number of nitrogens with zero attached hydrogens (tertiary/aromatic N) is 1. The van der Waals surface area contributed by atoms with Gasteiger partial charge in [0, 0.05) is 12.2 Å². The van der Waals surface area contributed by atoms with E-state index in [2.05, 4.69) is 0 Å². The zero-order chi connectivity index (χ0) is 10.8. The summed E-state index contributed by atoms with van der Waals surface area (Å²) in [6, 6.07) is 5.68. The van der Waals surface area contributed by atoms with Crippen LogP contribution in [0, 0.1) is 5.82 Å². The Morgan fingerprint density at radius 2 is 2.13 bits per heavy atom. The van der Waals surface area contributed by atoms with Crippen LogP contribution in [0.3, 0.4) is 0 Å². The third-order valence-corrected chi connectivity index (χ3v) is 2.28. The molecule has 2 rings (SSSR count). The van der Waals surface area contributed by atoms with Crippen molar-refractivity contribution in [1.29, 1.82) is 0 Å². The van der Waals surface area contributed by atoms with Crippen LogP contribution in [0.15, 0.2) is 24.3 Å². The molecule has 1 aliphatic heterocycles. The Kier molecular flexibility index (Phi) is 2.55. The second-order valence-electron chi connectivity index (χ2n) is 3.33. The minimum absolute atomic E-state index is 0.275. The Labute approximate surface area is 86.4 Å². The quantitative estimate of drug-likeness (QED) is 0.795. The van der Waals surface area contributed by atoms with Crippen LogP contribution in [0.2, 0.25) is 0 Å². The van der Waals surface area contributed by atoms with Crippen molar-refractivity contribution in [2.45, 2.75) is 6.10 Å². The highest BCUT2D eigenvalue weighted by molar-refractivity contribution is 5.89. The minimum Gasteiger partial charge on any atom is -0.443 e. The second-order valence-corrected chi connectivity index (χ2v) is 3.33. The fraction of sp³-hybridized carbons (Fsp3) is 0.300. The smallest absolute Gasteiger partial charge is 0.414 e. The lowest BCUT2D eigenvalue weighted by atomic mass is 10.2. The molecule has 0 aliphatic carbocycles. The van der Waals surface area contributed by atoms with Gasteiger partial charge in [-0.2, -0.15) is 0 Å². The van der Waals surface area contributed by atoms with Crippen LogP contribution in [-0.2, 0) is 4.74 Å². The van der Waals surface area contributed by atoms with E-state index >= 15 is 0 Å². The summed E-state index contributed by atoms with van der Waals surface area (Å²) < 4.78 is 17.6. The highest BCUT2D eigenvalue weighted by atomic mass is 19.1. The first-order valence-electron chi connectivity index (χ1n) is 4.64. The number of carbonyl (C=O) groups excluding carboxylic acids is 1. The summed E-state index contributed by atoms with van der Waals surface area (Å²) >= 11 is 0. The summed E-state index contributed by atoms with van der Waals surface area (Å²) in [5, 5.41) is 0. The van der Waals surface area contributed by atoms with E-state index in [4.69, 9.17) is 10.5 Å². The van der Waals surface area contributed by atoms with Crippen molar-refractivity contribution in [1.82, 2.24) is 0 Å². The summed E-state index contributed by atoms with van der Waals surface area (Å²) in [6.07, 6.45) is -0.709. The number of amides is 1. The highest BCUT2D eigenvalue weighted by Gasteiger charge is 2.31. The number of hydrogen-bond acceptors (Lipinski definition) is 3. The van der Waals surface area contributed by atoms with Crippen molar-refractivity contribution < 1.29 is 13.9 Å². The van der Waals surface area contributed by atoms with Gasteiger partial charge in [-0.1, -0.05) is 0 Å². The molecule has 15 heavy (non-hydrogen) atoms. The third-order valence-electron chi connectivity index (χ3n) is 2.28. The molecule has 0 bridgehead atoms. The largest absolute Gasteiger partial charge is 0.443 e. The molecular formula is C10H11FN2O2. The SMILES string of the molecule is NC[C@H]1CN(c2ccc(F)cc2)C(=O)O1. The maximum atomic E-state index is 12.7. The summed E-state index contributed by atoms with van der Waals surface area (Å²) in [4.78, 5) is 12.8. The molecule has 1 aliphatic rings. The van der Waals surface area contributed by atoms with Gasteiger partial charge < -0.3 is 10.5 Å². The lowest BCUT2D eigenvalue weighted by Crippen LogP contribution is -2.27. The van der Waals surface area contributed by atoms with Crippen molar-refractivity contribution in [2.24, 2.45) is 5.73 Å². The molecular weight excluding hydrogens is 199 g/mol. The molecule has 2 N–H and O–H groups in total. The number of benzene rings is 1. The van der Waals surface area contributed by atoms with Crippen molar-refractivity contribution in [3.05, 3.63) is 30.1 Å². The van der Waals surface area contributed by atoms with Gasteiger partial charge in [0.2, 0.25) is 0 Å². The van der Waals surface area contributed by atoms with Gasteiger partial charge in [0.1, 0.15) is 11.9 Å². The van der Waals surface area contributed by atoms with Crippen molar-refractivity contribution in [2.75, 3.05) is 18.0 Å². The van der Waals surface area contributed by atoms with Crippen molar-refractivity contribution in [3.8, 4) is 0 Å². The van der Waals surface area contributed by atoms with Gasteiger partial charge in [0.25, 0.3) is 0 Å². The first kappa shape index (κ1) is 9.92. The molecule has 1 heterocycles. The normalized spacial score (nSPS) is 20.5. The second kappa shape index (κ2) is 3.86. The Morgan fingerprint density at radius 1 is 1.47 bits per heavy atom. The molecule has 0 saturated carbocycles. The number of nitrogens with two attached hydrogens (primary N) is 1. The number of ether oxygens (including phenoxy) is 1. The lowest BCUT2D eigenvalue weighted by Gasteiger charge is -2.12. The molecule has 0 radical (unpaired) electrons. The van der Waals surface area contributed by atoms with Crippen LogP contribution in [0.4, 0.5) is 14.9 Å². The van der Waals surface area contributed by atoms with Gasteiger partial charge in [-0.05, 0) is 24.3 Å². The number of anilines is 1. The fourth-order valence-electron chi connectivity index (χ4n) is 1.48. The Hall–Kier alpha value is -1.62. The van der Waals surface area contributed by atoms with Gasteiger partial charge >= 0.3 is 6.09 Å². The van der Waals surface area contributed by atoms with Crippen LogP contribution < -0.4 is 10.6 Å². The molecule has 5 heteroatoms. The molecule has 1 amide bonds. The van der Waals surface area contributed by atoms with Crippen molar-refractivity contribution in [3.63, 3.8) is 0 Å². The van der Waals surface area contributed by atoms with E-state index in [-0.39, 0.29) is 11.9 Å².